The molecule has 4 heteroatoms. The van der Waals surface area contributed by atoms with Crippen molar-refractivity contribution in [1.29, 1.82) is 0 Å². The third kappa shape index (κ3) is 3.33. The van der Waals surface area contributed by atoms with E-state index in [0.717, 1.165) is 25.7 Å². The van der Waals surface area contributed by atoms with Crippen molar-refractivity contribution in [1.82, 2.24) is 5.32 Å². The zero-order valence-corrected chi connectivity index (χ0v) is 12.1. The van der Waals surface area contributed by atoms with Gasteiger partial charge in [-0.05, 0) is 55.8 Å². The molecular formula is C16H25NO3. The summed E-state index contributed by atoms with van der Waals surface area (Å²) in [5.41, 5.74) is -0.270. The molecule has 0 saturated heterocycles. The van der Waals surface area contributed by atoms with Gasteiger partial charge in [0, 0.05) is 12.5 Å². The quantitative estimate of drug-likeness (QED) is 0.753. The van der Waals surface area contributed by atoms with Crippen LogP contribution in [0.25, 0.3) is 0 Å². The van der Waals surface area contributed by atoms with E-state index in [1.165, 1.54) is 25.7 Å². The maximum atomic E-state index is 12.4. The van der Waals surface area contributed by atoms with E-state index in [4.69, 9.17) is 5.11 Å². The van der Waals surface area contributed by atoms with Crippen molar-refractivity contribution in [2.24, 2.45) is 17.3 Å². The zero-order chi connectivity index (χ0) is 14.2. The predicted octanol–water partition coefficient (Wildman–Crippen LogP) is 2.72. The molecule has 2 N–H and O–H groups in total. The molecule has 112 valence electrons. The second kappa shape index (κ2) is 5.38. The highest BCUT2D eigenvalue weighted by atomic mass is 16.4. The van der Waals surface area contributed by atoms with Crippen molar-refractivity contribution in [3.63, 3.8) is 0 Å². The predicted molar refractivity (Wildman–Crippen MR) is 75.1 cm³/mol. The first-order valence-corrected chi connectivity index (χ1v) is 8.09. The largest absolute Gasteiger partial charge is 0.481 e. The third-order valence-corrected chi connectivity index (χ3v) is 5.31. The minimum absolute atomic E-state index is 0.0944. The highest BCUT2D eigenvalue weighted by Gasteiger charge is 2.44. The number of hydrogen-bond donors (Lipinski definition) is 2. The van der Waals surface area contributed by atoms with E-state index in [1.54, 1.807) is 0 Å². The van der Waals surface area contributed by atoms with Crippen LogP contribution >= 0.6 is 0 Å². The summed E-state index contributed by atoms with van der Waals surface area (Å²) < 4.78 is 0. The number of hydrogen-bond acceptors (Lipinski definition) is 2. The van der Waals surface area contributed by atoms with Gasteiger partial charge < -0.3 is 10.4 Å². The molecule has 3 rings (SSSR count). The monoisotopic (exact) mass is 279 g/mol. The highest BCUT2D eigenvalue weighted by molar-refractivity contribution is 5.78. The van der Waals surface area contributed by atoms with E-state index in [-0.39, 0.29) is 17.7 Å². The van der Waals surface area contributed by atoms with Crippen molar-refractivity contribution < 1.29 is 14.7 Å². The molecule has 0 unspecified atom stereocenters. The second-order valence-electron chi connectivity index (χ2n) is 7.22. The van der Waals surface area contributed by atoms with Crippen LogP contribution in [0.4, 0.5) is 0 Å². The van der Waals surface area contributed by atoms with Crippen LogP contribution in [0.5, 0.6) is 0 Å². The Labute approximate surface area is 120 Å². The zero-order valence-electron chi connectivity index (χ0n) is 12.1. The van der Waals surface area contributed by atoms with Crippen LogP contribution in [0.1, 0.15) is 64.2 Å². The van der Waals surface area contributed by atoms with Crippen molar-refractivity contribution in [3.8, 4) is 0 Å². The van der Waals surface area contributed by atoms with Gasteiger partial charge in [0.2, 0.25) is 5.91 Å². The molecular weight excluding hydrogens is 254 g/mol. The summed E-state index contributed by atoms with van der Waals surface area (Å²) in [6, 6.07) is 0.380. The van der Waals surface area contributed by atoms with Gasteiger partial charge in [0.05, 0.1) is 6.42 Å². The summed E-state index contributed by atoms with van der Waals surface area (Å²) >= 11 is 0. The molecule has 0 atom stereocenters. The molecule has 0 bridgehead atoms. The molecule has 3 aliphatic carbocycles. The van der Waals surface area contributed by atoms with E-state index >= 15 is 0 Å². The molecule has 3 saturated carbocycles. The standard InChI is InChI=1S/C16H25NO3/c18-13(17-15(11-3-4-11)12-5-6-12)9-16(10-14(19)20)7-1-2-8-16/h11-12,15H,1-10H2,(H,17,18)(H,19,20). The summed E-state index contributed by atoms with van der Waals surface area (Å²) in [6.07, 6.45) is 9.49. The Morgan fingerprint density at radius 1 is 1.05 bits per heavy atom. The maximum Gasteiger partial charge on any atom is 0.303 e. The SMILES string of the molecule is O=C(O)CC1(CC(=O)NC(C2CC2)C2CC2)CCCC1. The fourth-order valence-electron chi connectivity index (χ4n) is 3.97. The van der Waals surface area contributed by atoms with E-state index < -0.39 is 5.97 Å². The Morgan fingerprint density at radius 3 is 2.05 bits per heavy atom. The first kappa shape index (κ1) is 13.9. The van der Waals surface area contributed by atoms with Crippen molar-refractivity contribution in [2.75, 3.05) is 0 Å². The Morgan fingerprint density at radius 2 is 1.60 bits per heavy atom. The van der Waals surface area contributed by atoms with Crippen LogP contribution in [-0.2, 0) is 9.59 Å². The number of carbonyl (C=O) groups is 2. The Hall–Kier alpha value is -1.06. The van der Waals surface area contributed by atoms with E-state index in [0.29, 0.717) is 24.3 Å². The molecule has 0 aromatic rings. The summed E-state index contributed by atoms with van der Waals surface area (Å²) in [7, 11) is 0. The topological polar surface area (TPSA) is 66.4 Å². The van der Waals surface area contributed by atoms with Gasteiger partial charge in [0.1, 0.15) is 0 Å². The normalized spacial score (nSPS) is 24.9. The van der Waals surface area contributed by atoms with Crippen LogP contribution in [0.15, 0.2) is 0 Å². The van der Waals surface area contributed by atoms with Crippen molar-refractivity contribution >= 4 is 11.9 Å². The molecule has 0 heterocycles. The van der Waals surface area contributed by atoms with Crippen LogP contribution in [0.2, 0.25) is 0 Å². The van der Waals surface area contributed by atoms with Crippen LogP contribution < -0.4 is 5.32 Å². The Bertz CT molecular complexity index is 381. The molecule has 0 radical (unpaired) electrons. The second-order valence-corrected chi connectivity index (χ2v) is 7.22. The lowest BCUT2D eigenvalue weighted by Gasteiger charge is -2.28. The van der Waals surface area contributed by atoms with Gasteiger partial charge in [-0.15, -0.1) is 0 Å². The number of aliphatic carboxylic acids is 1. The van der Waals surface area contributed by atoms with E-state index in [9.17, 15) is 9.59 Å². The minimum Gasteiger partial charge on any atom is -0.481 e. The van der Waals surface area contributed by atoms with Gasteiger partial charge in [-0.2, -0.15) is 0 Å². The first-order chi connectivity index (χ1) is 9.58. The molecule has 0 spiro atoms. The van der Waals surface area contributed by atoms with Crippen LogP contribution in [0.3, 0.4) is 0 Å². The summed E-state index contributed by atoms with van der Waals surface area (Å²) in [6.45, 7) is 0. The van der Waals surface area contributed by atoms with Gasteiger partial charge >= 0.3 is 5.97 Å². The summed E-state index contributed by atoms with van der Waals surface area (Å²) in [5.74, 6) is 0.730. The molecule has 1 amide bonds. The first-order valence-electron chi connectivity index (χ1n) is 8.09. The number of amides is 1. The lowest BCUT2D eigenvalue weighted by Crippen LogP contribution is -2.40. The number of carbonyl (C=O) groups excluding carboxylic acids is 1. The molecule has 0 aromatic carbocycles. The molecule has 3 aliphatic rings. The number of rotatable bonds is 7. The van der Waals surface area contributed by atoms with E-state index in [2.05, 4.69) is 5.32 Å². The third-order valence-electron chi connectivity index (χ3n) is 5.31. The molecule has 0 aliphatic heterocycles. The van der Waals surface area contributed by atoms with Crippen LogP contribution in [-0.4, -0.2) is 23.0 Å². The Balaban J connectivity index is 1.57. The fraction of sp³-hybridized carbons (Fsp3) is 0.875. The Kier molecular flexibility index (Phi) is 3.74. The smallest absolute Gasteiger partial charge is 0.303 e. The minimum atomic E-state index is -0.763. The van der Waals surface area contributed by atoms with Gasteiger partial charge in [-0.1, -0.05) is 12.8 Å². The highest BCUT2D eigenvalue weighted by Crippen LogP contribution is 2.46. The number of carboxylic acids is 1. The number of carboxylic acid groups (broad SMARTS) is 1. The molecule has 3 fully saturated rings. The van der Waals surface area contributed by atoms with Crippen LogP contribution in [0, 0.1) is 17.3 Å². The van der Waals surface area contributed by atoms with Gasteiger partial charge in [0.15, 0.2) is 0 Å². The summed E-state index contributed by atoms with van der Waals surface area (Å²) in [5, 5.41) is 12.3. The molecule has 20 heavy (non-hydrogen) atoms. The van der Waals surface area contributed by atoms with Crippen molar-refractivity contribution in [2.45, 2.75) is 70.3 Å². The van der Waals surface area contributed by atoms with Gasteiger partial charge in [-0.3, -0.25) is 9.59 Å². The fourth-order valence-corrected chi connectivity index (χ4v) is 3.97. The molecule has 0 aromatic heterocycles. The maximum absolute atomic E-state index is 12.4. The van der Waals surface area contributed by atoms with E-state index in [1.807, 2.05) is 0 Å². The average Bonchev–Trinajstić information content (AvgIpc) is 3.26. The van der Waals surface area contributed by atoms with Gasteiger partial charge in [0.25, 0.3) is 0 Å². The average molecular weight is 279 g/mol. The molecule has 4 nitrogen and oxygen atoms in total. The van der Waals surface area contributed by atoms with Gasteiger partial charge in [-0.25, -0.2) is 0 Å². The summed E-state index contributed by atoms with van der Waals surface area (Å²) in [4.78, 5) is 23.4. The van der Waals surface area contributed by atoms with Crippen molar-refractivity contribution in [3.05, 3.63) is 0 Å². The lowest BCUT2D eigenvalue weighted by atomic mass is 9.79. The number of nitrogens with one attached hydrogen (secondary N) is 1. The lowest BCUT2D eigenvalue weighted by molar-refractivity contribution is -0.140.